The first-order valence-electron chi connectivity index (χ1n) is 6.68. The zero-order chi connectivity index (χ0) is 11.9. The van der Waals surface area contributed by atoms with Gasteiger partial charge in [0.2, 0.25) is 0 Å². The molecular weight excluding hydrogens is 210 g/mol. The van der Waals surface area contributed by atoms with Gasteiger partial charge in [0.1, 0.15) is 5.75 Å². The molecule has 1 aromatic carbocycles. The van der Waals surface area contributed by atoms with Crippen molar-refractivity contribution in [3.05, 3.63) is 28.8 Å². The molecule has 0 aromatic heterocycles. The van der Waals surface area contributed by atoms with Crippen LogP contribution in [0.3, 0.4) is 0 Å². The van der Waals surface area contributed by atoms with E-state index in [9.17, 15) is 0 Å². The number of ether oxygens (including phenoxy) is 1. The lowest BCUT2D eigenvalue weighted by molar-refractivity contribution is 0.370. The molecule has 92 valence electrons. The highest BCUT2D eigenvalue weighted by molar-refractivity contribution is 5.48. The smallest absolute Gasteiger partial charge is 0.124 e. The molecule has 1 aliphatic heterocycles. The van der Waals surface area contributed by atoms with Crippen molar-refractivity contribution in [1.82, 2.24) is 5.32 Å². The summed E-state index contributed by atoms with van der Waals surface area (Å²) in [5.41, 5.74) is 4.50. The molecule has 1 atom stereocenters. The fourth-order valence-corrected chi connectivity index (χ4v) is 3.33. The van der Waals surface area contributed by atoms with Gasteiger partial charge in [-0.05, 0) is 68.8 Å². The quantitative estimate of drug-likeness (QED) is 0.845. The average Bonchev–Trinajstić information content (AvgIpc) is 2.95. The molecule has 1 N–H and O–H groups in total. The van der Waals surface area contributed by atoms with Crippen molar-refractivity contribution in [3.63, 3.8) is 0 Å². The van der Waals surface area contributed by atoms with Gasteiger partial charge < -0.3 is 10.1 Å². The summed E-state index contributed by atoms with van der Waals surface area (Å²) in [5.74, 6) is 1.07. The van der Waals surface area contributed by atoms with Crippen molar-refractivity contribution in [1.29, 1.82) is 0 Å². The van der Waals surface area contributed by atoms with Crippen molar-refractivity contribution in [3.8, 4) is 5.75 Å². The van der Waals surface area contributed by atoms with Crippen LogP contribution < -0.4 is 10.1 Å². The van der Waals surface area contributed by atoms with E-state index in [-0.39, 0.29) is 5.54 Å². The summed E-state index contributed by atoms with van der Waals surface area (Å²) in [6.45, 7) is 3.43. The second kappa shape index (κ2) is 4.02. The maximum atomic E-state index is 5.61. The molecule has 1 unspecified atom stereocenters. The van der Waals surface area contributed by atoms with Crippen LogP contribution in [0, 0.1) is 0 Å². The van der Waals surface area contributed by atoms with Crippen LogP contribution in [-0.2, 0) is 18.4 Å². The summed E-state index contributed by atoms with van der Waals surface area (Å²) >= 11 is 0. The van der Waals surface area contributed by atoms with E-state index >= 15 is 0 Å². The van der Waals surface area contributed by atoms with Crippen LogP contribution in [-0.4, -0.2) is 13.7 Å². The van der Waals surface area contributed by atoms with Crippen LogP contribution >= 0.6 is 0 Å². The largest absolute Gasteiger partial charge is 0.496 e. The Hall–Kier alpha value is -1.02. The molecule has 3 rings (SSSR count). The molecule has 0 bridgehead atoms. The fourth-order valence-electron chi connectivity index (χ4n) is 3.33. The number of methoxy groups -OCH3 is 1. The lowest BCUT2D eigenvalue weighted by Gasteiger charge is -2.28. The summed E-state index contributed by atoms with van der Waals surface area (Å²) < 4.78 is 5.61. The third-order valence-corrected chi connectivity index (χ3v) is 4.38. The molecule has 1 fully saturated rings. The fraction of sp³-hybridized carbons (Fsp3) is 0.600. The number of benzene rings is 1. The van der Waals surface area contributed by atoms with Crippen molar-refractivity contribution in [2.45, 2.75) is 44.6 Å². The SMILES string of the molecule is COc1cc2c(cc1C1(C)CCCN1)CCC2. The third kappa shape index (κ3) is 1.75. The third-order valence-electron chi connectivity index (χ3n) is 4.38. The lowest BCUT2D eigenvalue weighted by Crippen LogP contribution is -2.33. The zero-order valence-corrected chi connectivity index (χ0v) is 10.8. The lowest BCUT2D eigenvalue weighted by atomic mass is 9.87. The van der Waals surface area contributed by atoms with Gasteiger partial charge in [0, 0.05) is 11.1 Å². The molecular formula is C15H21NO. The van der Waals surface area contributed by atoms with Crippen molar-refractivity contribution < 1.29 is 4.74 Å². The summed E-state index contributed by atoms with van der Waals surface area (Å²) in [6, 6.07) is 4.66. The van der Waals surface area contributed by atoms with E-state index in [1.54, 1.807) is 7.11 Å². The molecule has 17 heavy (non-hydrogen) atoms. The normalized spacial score (nSPS) is 27.2. The van der Waals surface area contributed by atoms with Gasteiger partial charge in [0.05, 0.1) is 7.11 Å². The number of fused-ring (bicyclic) bond motifs is 1. The second-order valence-electron chi connectivity index (χ2n) is 5.54. The molecule has 2 heteroatoms. The molecule has 2 aliphatic rings. The number of aryl methyl sites for hydroxylation is 2. The predicted molar refractivity (Wildman–Crippen MR) is 69.6 cm³/mol. The molecule has 2 nitrogen and oxygen atoms in total. The van der Waals surface area contributed by atoms with Crippen LogP contribution in [0.15, 0.2) is 12.1 Å². The van der Waals surface area contributed by atoms with E-state index in [4.69, 9.17) is 4.74 Å². The van der Waals surface area contributed by atoms with Gasteiger partial charge in [-0.1, -0.05) is 0 Å². The summed E-state index contributed by atoms with van der Waals surface area (Å²) in [6.07, 6.45) is 6.23. The van der Waals surface area contributed by atoms with E-state index < -0.39 is 0 Å². The first-order chi connectivity index (χ1) is 8.23. The predicted octanol–water partition coefficient (Wildman–Crippen LogP) is 2.78. The van der Waals surface area contributed by atoms with Gasteiger partial charge in [-0.3, -0.25) is 0 Å². The van der Waals surface area contributed by atoms with Crippen molar-refractivity contribution in [2.75, 3.05) is 13.7 Å². The Labute approximate surface area is 103 Å². The standard InChI is InChI=1S/C15H21NO/c1-15(7-4-8-16-15)13-9-11-5-3-6-12(11)10-14(13)17-2/h9-10,16H,3-8H2,1-2H3. The van der Waals surface area contributed by atoms with E-state index in [1.165, 1.54) is 48.8 Å². The molecule has 1 aliphatic carbocycles. The first-order valence-corrected chi connectivity index (χ1v) is 6.68. The molecule has 0 saturated carbocycles. The van der Waals surface area contributed by atoms with Crippen LogP contribution in [0.4, 0.5) is 0 Å². The van der Waals surface area contributed by atoms with Crippen LogP contribution in [0.2, 0.25) is 0 Å². The molecule has 0 radical (unpaired) electrons. The van der Waals surface area contributed by atoms with Gasteiger partial charge in [-0.2, -0.15) is 0 Å². The summed E-state index contributed by atoms with van der Waals surface area (Å²) in [4.78, 5) is 0. The molecule has 0 amide bonds. The summed E-state index contributed by atoms with van der Waals surface area (Å²) in [5, 5.41) is 3.64. The average molecular weight is 231 g/mol. The number of rotatable bonds is 2. The number of hydrogen-bond donors (Lipinski definition) is 1. The van der Waals surface area contributed by atoms with Crippen LogP contribution in [0.25, 0.3) is 0 Å². The van der Waals surface area contributed by atoms with Crippen LogP contribution in [0.5, 0.6) is 5.75 Å². The topological polar surface area (TPSA) is 21.3 Å². The van der Waals surface area contributed by atoms with Gasteiger partial charge in [0.25, 0.3) is 0 Å². The Kier molecular flexibility index (Phi) is 2.62. The highest BCUT2D eigenvalue weighted by Gasteiger charge is 2.33. The monoisotopic (exact) mass is 231 g/mol. The molecule has 1 saturated heterocycles. The zero-order valence-electron chi connectivity index (χ0n) is 10.8. The van der Waals surface area contributed by atoms with Gasteiger partial charge >= 0.3 is 0 Å². The van der Waals surface area contributed by atoms with Crippen molar-refractivity contribution in [2.24, 2.45) is 0 Å². The molecule has 1 heterocycles. The van der Waals surface area contributed by atoms with Crippen LogP contribution in [0.1, 0.15) is 42.9 Å². The summed E-state index contributed by atoms with van der Waals surface area (Å²) in [7, 11) is 1.79. The Morgan fingerprint density at radius 1 is 1.18 bits per heavy atom. The Morgan fingerprint density at radius 3 is 2.59 bits per heavy atom. The highest BCUT2D eigenvalue weighted by Crippen LogP contribution is 2.39. The minimum atomic E-state index is 0.114. The van der Waals surface area contributed by atoms with E-state index in [1.807, 2.05) is 0 Å². The van der Waals surface area contributed by atoms with Gasteiger partial charge in [-0.15, -0.1) is 0 Å². The minimum absolute atomic E-state index is 0.114. The van der Waals surface area contributed by atoms with Gasteiger partial charge in [-0.25, -0.2) is 0 Å². The highest BCUT2D eigenvalue weighted by atomic mass is 16.5. The Bertz CT molecular complexity index is 433. The van der Waals surface area contributed by atoms with E-state index in [0.29, 0.717) is 0 Å². The Balaban J connectivity index is 2.08. The number of nitrogens with one attached hydrogen (secondary N) is 1. The van der Waals surface area contributed by atoms with E-state index in [0.717, 1.165) is 12.3 Å². The first kappa shape index (κ1) is 11.1. The second-order valence-corrected chi connectivity index (χ2v) is 5.54. The minimum Gasteiger partial charge on any atom is -0.496 e. The Morgan fingerprint density at radius 2 is 1.94 bits per heavy atom. The maximum absolute atomic E-state index is 5.61. The number of hydrogen-bond acceptors (Lipinski definition) is 2. The maximum Gasteiger partial charge on any atom is 0.124 e. The molecule has 0 spiro atoms. The molecule has 1 aromatic rings. The van der Waals surface area contributed by atoms with Crippen molar-refractivity contribution >= 4 is 0 Å². The van der Waals surface area contributed by atoms with E-state index in [2.05, 4.69) is 24.4 Å². The van der Waals surface area contributed by atoms with Gasteiger partial charge in [0.15, 0.2) is 0 Å².